The highest BCUT2D eigenvalue weighted by Crippen LogP contribution is 2.66. The smallest absolute Gasteiger partial charge is 0.0946 e. The highest BCUT2D eigenvalue weighted by molar-refractivity contribution is 6.21. The van der Waals surface area contributed by atoms with Crippen LogP contribution in [-0.4, -0.2) is 4.98 Å². The minimum Gasteiger partial charge on any atom is -0.372 e. The fourth-order valence-electron chi connectivity index (χ4n) is 10.8. The summed E-state index contributed by atoms with van der Waals surface area (Å²) in [7, 11) is 0. The topological polar surface area (TPSA) is 24.9 Å². The summed E-state index contributed by atoms with van der Waals surface area (Å²) < 4.78 is 0. The van der Waals surface area contributed by atoms with Gasteiger partial charge in [-0.1, -0.05) is 170 Å². The van der Waals surface area contributed by atoms with E-state index >= 15 is 0 Å². The molecule has 3 aliphatic carbocycles. The van der Waals surface area contributed by atoms with E-state index in [2.05, 4.69) is 187 Å². The second-order valence-electron chi connectivity index (χ2n) is 15.8. The fourth-order valence-corrected chi connectivity index (χ4v) is 10.8. The summed E-state index contributed by atoms with van der Waals surface area (Å²) in [6.07, 6.45) is 10.7. The number of rotatable bonds is 2. The standard InChI is InChI=1S/C55H34N2/c1-3-15-44-40(11-1)41-12-2-4-16-45(41)52-50(44)46-29-26-38-32-37(25-28-39(38)51(46)55(52)47-17-7-5-13-42(47)43-14-6-8-18-48(43)55)33-19-21-34(22-20-33)49-30-27-36-24-23-35-10-9-31-56-53(35)54(36)57-49/h1-32,54,57H. The zero-order valence-corrected chi connectivity index (χ0v) is 31.0. The number of nitrogens with zero attached hydrogens (tertiary/aromatic N) is 1. The number of allylic oxidation sites excluding steroid dienone is 2. The lowest BCUT2D eigenvalue weighted by atomic mass is 9.68. The van der Waals surface area contributed by atoms with Crippen LogP contribution in [0.15, 0.2) is 194 Å². The number of dihydropyridines is 1. The Labute approximate surface area is 330 Å². The molecule has 9 aromatic rings. The van der Waals surface area contributed by atoms with Gasteiger partial charge in [-0.15, -0.1) is 0 Å². The zero-order valence-electron chi connectivity index (χ0n) is 31.0. The van der Waals surface area contributed by atoms with Gasteiger partial charge in [0.15, 0.2) is 0 Å². The first-order valence-corrected chi connectivity index (χ1v) is 19.9. The van der Waals surface area contributed by atoms with Gasteiger partial charge < -0.3 is 5.32 Å². The second kappa shape index (κ2) is 11.4. The number of aromatic nitrogens is 1. The Morgan fingerprint density at radius 1 is 0.474 bits per heavy atom. The molecule has 1 aliphatic heterocycles. The quantitative estimate of drug-likeness (QED) is 0.180. The summed E-state index contributed by atoms with van der Waals surface area (Å²) in [6.45, 7) is 0. The molecule has 0 saturated carbocycles. The molecule has 1 N–H and O–H groups in total. The molecule has 0 radical (unpaired) electrons. The van der Waals surface area contributed by atoms with Gasteiger partial charge in [0, 0.05) is 11.9 Å². The van der Waals surface area contributed by atoms with Crippen LogP contribution in [-0.2, 0) is 5.41 Å². The zero-order chi connectivity index (χ0) is 37.2. The van der Waals surface area contributed by atoms with Crippen LogP contribution in [0.3, 0.4) is 0 Å². The van der Waals surface area contributed by atoms with E-state index in [1.54, 1.807) is 0 Å². The monoisotopic (exact) mass is 722 g/mol. The molecule has 0 fully saturated rings. The van der Waals surface area contributed by atoms with E-state index in [0.717, 1.165) is 17.0 Å². The summed E-state index contributed by atoms with van der Waals surface area (Å²) in [5.74, 6) is 0. The van der Waals surface area contributed by atoms with Crippen molar-refractivity contribution in [2.75, 3.05) is 0 Å². The first-order valence-electron chi connectivity index (χ1n) is 19.9. The van der Waals surface area contributed by atoms with Crippen LogP contribution >= 0.6 is 0 Å². The largest absolute Gasteiger partial charge is 0.372 e. The third-order valence-electron chi connectivity index (χ3n) is 13.1. The first kappa shape index (κ1) is 31.0. The van der Waals surface area contributed by atoms with Gasteiger partial charge in [-0.25, -0.2) is 0 Å². The van der Waals surface area contributed by atoms with E-state index < -0.39 is 5.41 Å². The van der Waals surface area contributed by atoms with Crippen molar-refractivity contribution in [3.05, 3.63) is 233 Å². The average Bonchev–Trinajstić information content (AvgIpc) is 3.77. The van der Waals surface area contributed by atoms with Crippen LogP contribution in [0.5, 0.6) is 0 Å². The maximum atomic E-state index is 4.73. The van der Waals surface area contributed by atoms with Gasteiger partial charge in [0.25, 0.3) is 0 Å². The molecule has 57 heavy (non-hydrogen) atoms. The molecule has 1 atom stereocenters. The Bertz CT molecular complexity index is 3280. The van der Waals surface area contributed by atoms with Crippen molar-refractivity contribution in [1.82, 2.24) is 10.3 Å². The van der Waals surface area contributed by atoms with Gasteiger partial charge in [0.2, 0.25) is 0 Å². The molecule has 264 valence electrons. The lowest BCUT2D eigenvalue weighted by Crippen LogP contribution is -2.26. The molecule has 1 spiro atoms. The summed E-state index contributed by atoms with van der Waals surface area (Å²) in [5, 5.41) is 11.6. The van der Waals surface area contributed by atoms with Crippen LogP contribution in [0, 0.1) is 0 Å². The number of benzene rings is 8. The Morgan fingerprint density at radius 2 is 1.14 bits per heavy atom. The Kier molecular flexibility index (Phi) is 6.18. The van der Waals surface area contributed by atoms with Crippen molar-refractivity contribution in [2.45, 2.75) is 11.5 Å². The van der Waals surface area contributed by atoms with Crippen LogP contribution in [0.4, 0.5) is 0 Å². The van der Waals surface area contributed by atoms with Crippen molar-refractivity contribution in [3.63, 3.8) is 0 Å². The van der Waals surface area contributed by atoms with Crippen LogP contribution in [0.1, 0.15) is 45.1 Å². The molecule has 4 aliphatic rings. The van der Waals surface area contributed by atoms with Crippen molar-refractivity contribution in [3.8, 4) is 33.4 Å². The minimum absolute atomic E-state index is 0.0531. The lowest BCUT2D eigenvalue weighted by Gasteiger charge is -2.32. The molecule has 2 heteroatoms. The van der Waals surface area contributed by atoms with Gasteiger partial charge in [-0.3, -0.25) is 4.98 Å². The molecule has 13 rings (SSSR count). The molecular formula is C55H34N2. The molecule has 1 aromatic heterocycles. The third-order valence-corrected chi connectivity index (χ3v) is 13.1. The van der Waals surface area contributed by atoms with Crippen molar-refractivity contribution in [2.24, 2.45) is 0 Å². The minimum atomic E-state index is -0.469. The molecule has 0 saturated heterocycles. The Balaban J connectivity index is 0.994. The van der Waals surface area contributed by atoms with Crippen molar-refractivity contribution in [1.29, 1.82) is 0 Å². The average molecular weight is 723 g/mol. The normalized spacial score (nSPS) is 16.3. The van der Waals surface area contributed by atoms with Crippen LogP contribution in [0.25, 0.3) is 77.5 Å². The van der Waals surface area contributed by atoms with Gasteiger partial charge in [-0.2, -0.15) is 0 Å². The molecule has 8 aromatic carbocycles. The number of hydrogen-bond acceptors (Lipinski definition) is 2. The molecule has 1 unspecified atom stereocenters. The summed E-state index contributed by atoms with van der Waals surface area (Å²) in [5.41, 5.74) is 18.6. The van der Waals surface area contributed by atoms with Crippen molar-refractivity contribution < 1.29 is 0 Å². The predicted molar refractivity (Wildman–Crippen MR) is 236 cm³/mol. The highest BCUT2D eigenvalue weighted by atomic mass is 15.0. The first-order chi connectivity index (χ1) is 28.3. The van der Waals surface area contributed by atoms with Gasteiger partial charge in [0.05, 0.1) is 17.2 Å². The van der Waals surface area contributed by atoms with Crippen molar-refractivity contribution >= 4 is 44.1 Å². The number of nitrogens with one attached hydrogen (secondary N) is 1. The third kappa shape index (κ3) is 4.06. The van der Waals surface area contributed by atoms with E-state index in [4.69, 9.17) is 4.98 Å². The molecule has 0 amide bonds. The van der Waals surface area contributed by atoms with E-state index in [9.17, 15) is 0 Å². The summed E-state index contributed by atoms with van der Waals surface area (Å²) in [6, 6.07) is 61.5. The number of pyridine rings is 1. The van der Waals surface area contributed by atoms with Gasteiger partial charge in [-0.05, 0) is 123 Å². The van der Waals surface area contributed by atoms with E-state index in [-0.39, 0.29) is 6.04 Å². The molecule has 2 nitrogen and oxygen atoms in total. The predicted octanol–water partition coefficient (Wildman–Crippen LogP) is 13.2. The Hall–Kier alpha value is -7.29. The summed E-state index contributed by atoms with van der Waals surface area (Å²) in [4.78, 5) is 4.73. The van der Waals surface area contributed by atoms with E-state index in [1.807, 2.05) is 12.3 Å². The van der Waals surface area contributed by atoms with Crippen LogP contribution < -0.4 is 5.32 Å². The number of fused-ring (bicyclic) bond motifs is 20. The Morgan fingerprint density at radius 3 is 1.93 bits per heavy atom. The van der Waals surface area contributed by atoms with E-state index in [0.29, 0.717) is 0 Å². The highest BCUT2D eigenvalue weighted by Gasteiger charge is 2.53. The SMILES string of the molecule is C1=Cc2cccnc2C2NC(c3ccc(-c4ccc5c6c(ccc5c4)-c4c(c5ccccc5c5ccccc45)C64c5ccccc5-c5ccccc54)cc3)=CC=C12. The maximum Gasteiger partial charge on any atom is 0.0946 e. The van der Waals surface area contributed by atoms with Gasteiger partial charge in [0.1, 0.15) is 0 Å². The number of hydrogen-bond donors (Lipinski definition) is 1. The van der Waals surface area contributed by atoms with Crippen LogP contribution in [0.2, 0.25) is 0 Å². The maximum absolute atomic E-state index is 4.73. The van der Waals surface area contributed by atoms with E-state index in [1.165, 1.54) is 99.1 Å². The molecular weight excluding hydrogens is 689 g/mol. The van der Waals surface area contributed by atoms with Gasteiger partial charge >= 0.3 is 0 Å². The molecule has 0 bridgehead atoms. The fraction of sp³-hybridized carbons (Fsp3) is 0.0364. The molecule has 2 heterocycles. The second-order valence-corrected chi connectivity index (χ2v) is 15.8. The lowest BCUT2D eigenvalue weighted by molar-refractivity contribution is 0.704. The summed E-state index contributed by atoms with van der Waals surface area (Å²) >= 11 is 0.